The third-order valence-corrected chi connectivity index (χ3v) is 3.27. The minimum absolute atomic E-state index is 0.321. The predicted octanol–water partition coefficient (Wildman–Crippen LogP) is 2.41. The van der Waals surface area contributed by atoms with Crippen LogP contribution in [-0.2, 0) is 11.3 Å². The molecule has 1 unspecified atom stereocenters. The topological polar surface area (TPSA) is 52.0 Å². The van der Waals surface area contributed by atoms with Crippen LogP contribution in [0.2, 0.25) is 0 Å². The summed E-state index contributed by atoms with van der Waals surface area (Å²) in [4.78, 5) is 3.94. The molecule has 108 valence electrons. The number of nitrogens with zero attached hydrogens (tertiary/aromatic N) is 3. The van der Waals surface area contributed by atoms with Crippen LogP contribution in [0.25, 0.3) is 0 Å². The Balaban J connectivity index is 1.97. The number of methoxy groups -OCH3 is 1. The van der Waals surface area contributed by atoms with Gasteiger partial charge < -0.3 is 10.1 Å². The highest BCUT2D eigenvalue weighted by Gasteiger charge is 2.12. The molecule has 0 aliphatic carbocycles. The number of rotatable bonds is 7. The van der Waals surface area contributed by atoms with Crippen molar-refractivity contribution in [1.82, 2.24) is 14.8 Å². The fraction of sp³-hybridized carbons (Fsp3) is 0.467. The van der Waals surface area contributed by atoms with Crippen molar-refractivity contribution >= 4 is 5.69 Å². The third-order valence-electron chi connectivity index (χ3n) is 3.27. The molecule has 5 nitrogen and oxygen atoms in total. The van der Waals surface area contributed by atoms with Crippen molar-refractivity contribution in [2.75, 3.05) is 19.0 Å². The van der Waals surface area contributed by atoms with Crippen LogP contribution in [-0.4, -0.2) is 34.5 Å². The van der Waals surface area contributed by atoms with E-state index in [4.69, 9.17) is 4.74 Å². The van der Waals surface area contributed by atoms with Gasteiger partial charge in [0.05, 0.1) is 19.2 Å². The summed E-state index contributed by atoms with van der Waals surface area (Å²) in [6.45, 7) is 5.83. The molecular formula is C15H22N4O. The lowest BCUT2D eigenvalue weighted by atomic mass is 10.0. The van der Waals surface area contributed by atoms with Crippen LogP contribution in [0.4, 0.5) is 5.69 Å². The lowest BCUT2D eigenvalue weighted by Crippen LogP contribution is -2.30. The number of anilines is 1. The van der Waals surface area contributed by atoms with E-state index in [1.54, 1.807) is 19.8 Å². The van der Waals surface area contributed by atoms with Crippen LogP contribution < -0.4 is 5.32 Å². The molecular weight excluding hydrogens is 252 g/mol. The van der Waals surface area contributed by atoms with Crippen molar-refractivity contribution in [2.24, 2.45) is 5.92 Å². The number of ether oxygens (including phenoxy) is 1. The number of hydrogen-bond acceptors (Lipinski definition) is 4. The molecule has 2 rings (SSSR count). The first-order chi connectivity index (χ1) is 9.69. The molecule has 0 saturated heterocycles. The molecule has 0 aliphatic rings. The first kappa shape index (κ1) is 14.5. The van der Waals surface area contributed by atoms with Crippen LogP contribution in [0, 0.1) is 5.92 Å². The van der Waals surface area contributed by atoms with Gasteiger partial charge in [0.2, 0.25) is 0 Å². The van der Waals surface area contributed by atoms with Gasteiger partial charge in [0.25, 0.3) is 0 Å². The minimum Gasteiger partial charge on any atom is -0.383 e. The van der Waals surface area contributed by atoms with Gasteiger partial charge in [0.15, 0.2) is 0 Å². The van der Waals surface area contributed by atoms with Crippen molar-refractivity contribution < 1.29 is 4.74 Å². The highest BCUT2D eigenvalue weighted by molar-refractivity contribution is 5.45. The summed E-state index contributed by atoms with van der Waals surface area (Å²) >= 11 is 0. The van der Waals surface area contributed by atoms with Crippen molar-refractivity contribution in [2.45, 2.75) is 26.4 Å². The van der Waals surface area contributed by atoms with Crippen LogP contribution >= 0.6 is 0 Å². The van der Waals surface area contributed by atoms with E-state index in [1.165, 1.54) is 5.56 Å². The van der Waals surface area contributed by atoms with E-state index in [0.29, 0.717) is 18.6 Å². The first-order valence-corrected chi connectivity index (χ1v) is 6.86. The fourth-order valence-corrected chi connectivity index (χ4v) is 2.00. The predicted molar refractivity (Wildman–Crippen MR) is 79.7 cm³/mol. The van der Waals surface area contributed by atoms with E-state index in [-0.39, 0.29) is 0 Å². The Labute approximate surface area is 120 Å². The monoisotopic (exact) mass is 274 g/mol. The van der Waals surface area contributed by atoms with Crippen LogP contribution in [0.1, 0.15) is 19.4 Å². The summed E-state index contributed by atoms with van der Waals surface area (Å²) in [7, 11) is 1.73. The van der Waals surface area contributed by atoms with E-state index in [0.717, 1.165) is 12.2 Å². The van der Waals surface area contributed by atoms with Crippen molar-refractivity contribution in [3.8, 4) is 0 Å². The van der Waals surface area contributed by atoms with Crippen molar-refractivity contribution in [1.29, 1.82) is 0 Å². The molecule has 0 spiro atoms. The zero-order valence-corrected chi connectivity index (χ0v) is 12.3. The lowest BCUT2D eigenvalue weighted by molar-refractivity contribution is 0.171. The summed E-state index contributed by atoms with van der Waals surface area (Å²) < 4.78 is 7.06. The maximum Gasteiger partial charge on any atom is 0.137 e. The molecule has 1 N–H and O–H groups in total. The molecule has 0 bridgehead atoms. The number of hydrogen-bond donors (Lipinski definition) is 1. The maximum absolute atomic E-state index is 5.25. The summed E-state index contributed by atoms with van der Waals surface area (Å²) in [6, 6.07) is 8.72. The number of nitrogens with one attached hydrogen (secondary N) is 1. The van der Waals surface area contributed by atoms with Gasteiger partial charge in [-0.1, -0.05) is 26.0 Å². The molecule has 0 fully saturated rings. The normalized spacial score (nSPS) is 12.6. The zero-order chi connectivity index (χ0) is 14.4. The van der Waals surface area contributed by atoms with E-state index in [9.17, 15) is 0 Å². The molecule has 0 radical (unpaired) electrons. The highest BCUT2D eigenvalue weighted by atomic mass is 16.5. The molecule has 0 aliphatic heterocycles. The van der Waals surface area contributed by atoms with E-state index in [2.05, 4.69) is 53.5 Å². The van der Waals surface area contributed by atoms with Crippen molar-refractivity contribution in [3.63, 3.8) is 0 Å². The average molecular weight is 274 g/mol. The van der Waals surface area contributed by atoms with Crippen LogP contribution in [0.3, 0.4) is 0 Å². The Kier molecular flexibility index (Phi) is 5.12. The smallest absolute Gasteiger partial charge is 0.137 e. The standard InChI is InChI=1S/C15H22N4O/c1-12(2)15(9-20-3)18-14-6-4-13(5-7-14)8-19-11-16-10-17-19/h4-7,10-12,15,18H,8-9H2,1-3H3. The highest BCUT2D eigenvalue weighted by Crippen LogP contribution is 2.15. The molecule has 1 heterocycles. The van der Waals surface area contributed by atoms with Gasteiger partial charge >= 0.3 is 0 Å². The molecule has 0 saturated carbocycles. The van der Waals surface area contributed by atoms with Gasteiger partial charge in [-0.05, 0) is 23.6 Å². The van der Waals surface area contributed by atoms with Gasteiger partial charge in [-0.2, -0.15) is 5.10 Å². The third kappa shape index (κ3) is 4.06. The SMILES string of the molecule is COCC(Nc1ccc(Cn2cncn2)cc1)C(C)C. The van der Waals surface area contributed by atoms with Gasteiger partial charge in [0.1, 0.15) is 12.7 Å². The molecule has 1 aromatic carbocycles. The number of benzene rings is 1. The van der Waals surface area contributed by atoms with E-state index < -0.39 is 0 Å². The van der Waals surface area contributed by atoms with E-state index >= 15 is 0 Å². The second-order valence-electron chi connectivity index (χ2n) is 5.24. The Morgan fingerprint density at radius 3 is 2.55 bits per heavy atom. The summed E-state index contributed by atoms with van der Waals surface area (Å²) in [5.41, 5.74) is 2.32. The second kappa shape index (κ2) is 7.05. The largest absolute Gasteiger partial charge is 0.383 e. The van der Waals surface area contributed by atoms with Crippen LogP contribution in [0.15, 0.2) is 36.9 Å². The first-order valence-electron chi connectivity index (χ1n) is 6.86. The minimum atomic E-state index is 0.321. The second-order valence-corrected chi connectivity index (χ2v) is 5.24. The molecule has 5 heteroatoms. The summed E-state index contributed by atoms with van der Waals surface area (Å²) in [5.74, 6) is 0.518. The van der Waals surface area contributed by atoms with Gasteiger partial charge in [-0.15, -0.1) is 0 Å². The van der Waals surface area contributed by atoms with E-state index in [1.807, 2.05) is 4.68 Å². The molecule has 1 atom stereocenters. The molecule has 20 heavy (non-hydrogen) atoms. The van der Waals surface area contributed by atoms with Crippen molar-refractivity contribution in [3.05, 3.63) is 42.5 Å². The Bertz CT molecular complexity index is 493. The maximum atomic E-state index is 5.25. The molecule has 2 aromatic rings. The Hall–Kier alpha value is -1.88. The van der Waals surface area contributed by atoms with Gasteiger partial charge in [0, 0.05) is 12.8 Å². The quantitative estimate of drug-likeness (QED) is 0.842. The van der Waals surface area contributed by atoms with Gasteiger partial charge in [-0.25, -0.2) is 9.67 Å². The Morgan fingerprint density at radius 2 is 2.00 bits per heavy atom. The fourth-order valence-electron chi connectivity index (χ4n) is 2.00. The molecule has 0 amide bonds. The summed E-state index contributed by atoms with van der Waals surface area (Å²) in [6.07, 6.45) is 3.27. The average Bonchev–Trinajstić information content (AvgIpc) is 2.93. The zero-order valence-electron chi connectivity index (χ0n) is 12.3. The number of aromatic nitrogens is 3. The summed E-state index contributed by atoms with van der Waals surface area (Å²) in [5, 5.41) is 7.61. The van der Waals surface area contributed by atoms with Crippen LogP contribution in [0.5, 0.6) is 0 Å². The van der Waals surface area contributed by atoms with Gasteiger partial charge in [-0.3, -0.25) is 0 Å². The lowest BCUT2D eigenvalue weighted by Gasteiger charge is -2.22. The Morgan fingerprint density at radius 1 is 1.25 bits per heavy atom. The molecule has 1 aromatic heterocycles.